The van der Waals surface area contributed by atoms with E-state index < -0.39 is 19.1 Å². The highest BCUT2D eigenvalue weighted by molar-refractivity contribution is 9.12. The van der Waals surface area contributed by atoms with Crippen molar-refractivity contribution >= 4 is 43.1 Å². The molecule has 0 saturated heterocycles. The Hall–Kier alpha value is -0.300. The number of aliphatic hydroxyl groups is 1. The zero-order valence-corrected chi connectivity index (χ0v) is 12.3. The minimum atomic E-state index is -3.67. The molecule has 1 rings (SSSR count). The van der Waals surface area contributed by atoms with Gasteiger partial charge in [0, 0.05) is 5.69 Å². The molecule has 0 spiro atoms. The van der Waals surface area contributed by atoms with Crippen LogP contribution < -0.4 is 5.73 Å². The summed E-state index contributed by atoms with van der Waals surface area (Å²) < 4.78 is 21.6. The molecule has 0 heterocycles. The second-order valence-electron chi connectivity index (χ2n) is 3.54. The van der Waals surface area contributed by atoms with Gasteiger partial charge in [-0.15, -0.1) is 0 Å². The van der Waals surface area contributed by atoms with E-state index >= 15 is 0 Å². The fourth-order valence-corrected chi connectivity index (χ4v) is 3.55. The summed E-state index contributed by atoms with van der Waals surface area (Å²) in [6.45, 7) is 1.46. The van der Waals surface area contributed by atoms with Crippen molar-refractivity contribution in [2.75, 3.05) is 11.5 Å². The number of nitrogens with two attached hydrogens (primary N) is 1. The van der Waals surface area contributed by atoms with Crippen LogP contribution in [-0.4, -0.2) is 22.4 Å². The second-order valence-corrected chi connectivity index (χ2v) is 9.04. The van der Waals surface area contributed by atoms with Crippen LogP contribution in [0.15, 0.2) is 24.3 Å². The Morgan fingerprint density at radius 2 is 2.18 bits per heavy atom. The van der Waals surface area contributed by atoms with Crippen molar-refractivity contribution in [3.63, 3.8) is 0 Å². The van der Waals surface area contributed by atoms with E-state index in [1.807, 2.05) is 0 Å². The number of rotatable bonds is 4. The van der Waals surface area contributed by atoms with Crippen LogP contribution in [0, 0.1) is 0 Å². The van der Waals surface area contributed by atoms with Crippen LogP contribution in [-0.2, 0) is 9.84 Å². The number of alkyl halides is 2. The Morgan fingerprint density at radius 3 is 2.65 bits per heavy atom. The molecule has 1 aromatic rings. The Labute approximate surface area is 114 Å². The predicted octanol–water partition coefficient (Wildman–Crippen LogP) is 2.02. The monoisotopic (exact) mass is 341 g/mol. The first-order valence-corrected chi connectivity index (χ1v) is 7.68. The van der Waals surface area contributed by atoms with E-state index in [4.69, 9.17) is 17.3 Å². The normalized spacial score (nSPS) is 17.4. The van der Waals surface area contributed by atoms with E-state index in [0.717, 1.165) is 0 Å². The molecule has 2 atom stereocenters. The number of hydrogen-bond acceptors (Lipinski definition) is 4. The smallest absolute Gasteiger partial charge is 0.229 e. The number of benzene rings is 1. The average molecular weight is 343 g/mol. The van der Waals surface area contributed by atoms with Gasteiger partial charge in [-0.2, -0.15) is 0 Å². The quantitative estimate of drug-likeness (QED) is 0.648. The highest BCUT2D eigenvalue weighted by atomic mass is 79.9. The summed E-state index contributed by atoms with van der Waals surface area (Å²) in [6.07, 6.45) is -1.40. The largest absolute Gasteiger partial charge is 0.399 e. The third-order valence-corrected chi connectivity index (χ3v) is 6.98. The number of sulfone groups is 1. The standard InChI is InChI=1S/C10H13BrClNO3S/c1-2-17(15,16)10(11,12)9(14)7-4-3-5-8(13)6-7/h3-6,9,14H,2,13H2,1H3/t9-,10-/m0/s1. The molecule has 17 heavy (non-hydrogen) atoms. The summed E-state index contributed by atoms with van der Waals surface area (Å²) in [4.78, 5) is 0. The first kappa shape index (κ1) is 14.8. The summed E-state index contributed by atoms with van der Waals surface area (Å²) in [6, 6.07) is 6.29. The van der Waals surface area contributed by atoms with Crippen LogP contribution in [0.4, 0.5) is 5.69 Å². The van der Waals surface area contributed by atoms with Crippen molar-refractivity contribution in [2.24, 2.45) is 0 Å². The average Bonchev–Trinajstić information content (AvgIpc) is 2.27. The zero-order chi connectivity index (χ0) is 13.3. The Balaban J connectivity index is 3.17. The number of aliphatic hydroxyl groups excluding tert-OH is 1. The number of halogens is 2. The van der Waals surface area contributed by atoms with Crippen LogP contribution in [0.5, 0.6) is 0 Å². The lowest BCUT2D eigenvalue weighted by Crippen LogP contribution is -2.34. The van der Waals surface area contributed by atoms with Gasteiger partial charge in [0.25, 0.3) is 0 Å². The van der Waals surface area contributed by atoms with Gasteiger partial charge in [-0.3, -0.25) is 0 Å². The number of hydrogen-bond donors (Lipinski definition) is 2. The first-order chi connectivity index (χ1) is 7.72. The van der Waals surface area contributed by atoms with Crippen molar-refractivity contribution < 1.29 is 13.5 Å². The maximum Gasteiger partial charge on any atom is 0.229 e. The summed E-state index contributed by atoms with van der Waals surface area (Å²) in [7, 11) is -3.67. The van der Waals surface area contributed by atoms with E-state index in [1.165, 1.54) is 13.0 Å². The topological polar surface area (TPSA) is 80.4 Å². The highest BCUT2D eigenvalue weighted by Crippen LogP contribution is 2.43. The van der Waals surface area contributed by atoms with Crippen LogP contribution in [0.2, 0.25) is 0 Å². The zero-order valence-electron chi connectivity index (χ0n) is 9.10. The fourth-order valence-electron chi connectivity index (χ4n) is 1.29. The molecule has 0 aliphatic heterocycles. The van der Waals surface area contributed by atoms with Gasteiger partial charge in [0.1, 0.15) is 6.10 Å². The minimum absolute atomic E-state index is 0.179. The van der Waals surface area contributed by atoms with Crippen LogP contribution in [0.1, 0.15) is 18.6 Å². The van der Waals surface area contributed by atoms with Crippen LogP contribution in [0.3, 0.4) is 0 Å². The number of anilines is 1. The predicted molar refractivity (Wildman–Crippen MR) is 72.8 cm³/mol. The first-order valence-electron chi connectivity index (χ1n) is 4.86. The molecule has 0 fully saturated rings. The molecule has 1 aromatic carbocycles. The van der Waals surface area contributed by atoms with E-state index in [0.29, 0.717) is 11.3 Å². The van der Waals surface area contributed by atoms with Gasteiger partial charge in [0.2, 0.25) is 3.12 Å². The molecule has 0 saturated carbocycles. The summed E-state index contributed by atoms with van der Waals surface area (Å²) in [5.41, 5.74) is 6.33. The molecular formula is C10H13BrClNO3S. The molecule has 0 aliphatic carbocycles. The minimum Gasteiger partial charge on any atom is -0.399 e. The SMILES string of the molecule is CCS(=O)(=O)[C@](Cl)(Br)[C@@H](O)c1cccc(N)c1. The molecule has 96 valence electrons. The molecule has 3 N–H and O–H groups in total. The lowest BCUT2D eigenvalue weighted by atomic mass is 10.1. The van der Waals surface area contributed by atoms with Gasteiger partial charge in [0.15, 0.2) is 9.84 Å². The van der Waals surface area contributed by atoms with Gasteiger partial charge in [-0.05, 0) is 33.6 Å². The fraction of sp³-hybridized carbons (Fsp3) is 0.400. The van der Waals surface area contributed by atoms with E-state index in [2.05, 4.69) is 15.9 Å². The van der Waals surface area contributed by atoms with Crippen molar-refractivity contribution in [3.8, 4) is 0 Å². The molecule has 0 radical (unpaired) electrons. The third-order valence-electron chi connectivity index (χ3n) is 2.34. The van der Waals surface area contributed by atoms with Crippen LogP contribution in [0.25, 0.3) is 0 Å². The van der Waals surface area contributed by atoms with Gasteiger partial charge >= 0.3 is 0 Å². The molecule has 0 amide bonds. The molecule has 0 aromatic heterocycles. The van der Waals surface area contributed by atoms with Crippen molar-refractivity contribution in [1.29, 1.82) is 0 Å². The molecular weight excluding hydrogens is 330 g/mol. The van der Waals surface area contributed by atoms with Gasteiger partial charge in [0.05, 0.1) is 5.75 Å². The maximum absolute atomic E-state index is 11.8. The summed E-state index contributed by atoms with van der Waals surface area (Å²) in [5, 5.41) is 10.0. The molecule has 0 bridgehead atoms. The Bertz CT molecular complexity index is 504. The Morgan fingerprint density at radius 1 is 1.59 bits per heavy atom. The summed E-state index contributed by atoms with van der Waals surface area (Å²) in [5.74, 6) is -0.179. The van der Waals surface area contributed by atoms with Crippen molar-refractivity contribution in [2.45, 2.75) is 16.1 Å². The second kappa shape index (κ2) is 5.14. The molecule has 0 unspecified atom stereocenters. The molecule has 0 aliphatic rings. The van der Waals surface area contributed by atoms with E-state index in [9.17, 15) is 13.5 Å². The molecule has 7 heteroatoms. The molecule has 4 nitrogen and oxygen atoms in total. The van der Waals surface area contributed by atoms with Crippen molar-refractivity contribution in [1.82, 2.24) is 0 Å². The number of nitrogen functional groups attached to an aromatic ring is 1. The van der Waals surface area contributed by atoms with Gasteiger partial charge < -0.3 is 10.8 Å². The third kappa shape index (κ3) is 2.93. The van der Waals surface area contributed by atoms with E-state index in [1.54, 1.807) is 18.2 Å². The Kier molecular flexibility index (Phi) is 4.46. The van der Waals surface area contributed by atoms with Crippen LogP contribution >= 0.6 is 27.5 Å². The maximum atomic E-state index is 11.8. The lowest BCUT2D eigenvalue weighted by Gasteiger charge is -2.25. The lowest BCUT2D eigenvalue weighted by molar-refractivity contribution is 0.185. The highest BCUT2D eigenvalue weighted by Gasteiger charge is 2.45. The van der Waals surface area contributed by atoms with Crippen molar-refractivity contribution in [3.05, 3.63) is 29.8 Å². The van der Waals surface area contributed by atoms with Gasteiger partial charge in [-0.25, -0.2) is 8.42 Å². The summed E-state index contributed by atoms with van der Waals surface area (Å²) >= 11 is 8.78. The van der Waals surface area contributed by atoms with Gasteiger partial charge in [-0.1, -0.05) is 30.7 Å². The van der Waals surface area contributed by atoms with E-state index in [-0.39, 0.29) is 5.75 Å².